The molecular formula is C15H20N2O5. The molecular weight excluding hydrogens is 288 g/mol. The van der Waals surface area contributed by atoms with Gasteiger partial charge in [0.1, 0.15) is 6.61 Å². The summed E-state index contributed by atoms with van der Waals surface area (Å²) in [6.07, 6.45) is 0.736. The summed E-state index contributed by atoms with van der Waals surface area (Å²) < 4.78 is 10.1. The molecule has 0 unspecified atom stereocenters. The van der Waals surface area contributed by atoms with Crippen molar-refractivity contribution >= 4 is 11.8 Å². The number of benzene rings is 1. The van der Waals surface area contributed by atoms with Crippen molar-refractivity contribution in [2.24, 2.45) is 0 Å². The molecule has 7 nitrogen and oxygen atoms in total. The van der Waals surface area contributed by atoms with Gasteiger partial charge in [-0.2, -0.15) is 0 Å². The molecule has 0 aromatic heterocycles. The van der Waals surface area contributed by atoms with Gasteiger partial charge in [-0.3, -0.25) is 14.8 Å². The molecule has 1 aliphatic rings. The number of nitrogens with one attached hydrogen (secondary N) is 1. The Hall–Kier alpha value is -1.96. The lowest BCUT2D eigenvalue weighted by Gasteiger charge is -2.29. The fourth-order valence-corrected chi connectivity index (χ4v) is 2.37. The molecule has 1 heterocycles. The normalized spacial score (nSPS) is 13.6. The van der Waals surface area contributed by atoms with E-state index < -0.39 is 5.91 Å². The van der Waals surface area contributed by atoms with Crippen LogP contribution in [0.5, 0.6) is 0 Å². The number of hydroxylamine groups is 1. The van der Waals surface area contributed by atoms with Crippen LogP contribution in [0, 0.1) is 0 Å². The van der Waals surface area contributed by atoms with Gasteiger partial charge in [0, 0.05) is 25.8 Å². The van der Waals surface area contributed by atoms with E-state index in [2.05, 4.69) is 0 Å². The van der Waals surface area contributed by atoms with Crippen molar-refractivity contribution in [2.45, 2.75) is 13.0 Å². The number of ether oxygens (including phenoxy) is 2. The lowest BCUT2D eigenvalue weighted by atomic mass is 9.97. The monoisotopic (exact) mass is 308 g/mol. The number of hydrogen-bond donors (Lipinski definition) is 2. The molecule has 7 heteroatoms. The minimum atomic E-state index is -0.561. The summed E-state index contributed by atoms with van der Waals surface area (Å²) in [5.74, 6) is -0.645. The highest BCUT2D eigenvalue weighted by molar-refractivity contribution is 5.93. The van der Waals surface area contributed by atoms with Crippen molar-refractivity contribution in [3.63, 3.8) is 0 Å². The van der Waals surface area contributed by atoms with Crippen LogP contribution >= 0.6 is 0 Å². The van der Waals surface area contributed by atoms with Gasteiger partial charge >= 0.3 is 0 Å². The van der Waals surface area contributed by atoms with Gasteiger partial charge < -0.3 is 14.4 Å². The first kappa shape index (κ1) is 16.4. The van der Waals surface area contributed by atoms with E-state index in [9.17, 15) is 9.59 Å². The lowest BCUT2D eigenvalue weighted by Crippen LogP contribution is -2.38. The first-order valence-electron chi connectivity index (χ1n) is 7.06. The number of carbonyl (C=O) groups excluding carboxylic acids is 2. The number of rotatable bonds is 6. The Morgan fingerprint density at radius 3 is 2.86 bits per heavy atom. The summed E-state index contributed by atoms with van der Waals surface area (Å²) in [6, 6.07) is 5.22. The molecule has 1 aromatic rings. The van der Waals surface area contributed by atoms with E-state index in [1.165, 1.54) is 0 Å². The number of fused-ring (bicyclic) bond motifs is 1. The molecule has 2 amide bonds. The van der Waals surface area contributed by atoms with Crippen LogP contribution in [0.4, 0.5) is 0 Å². The number of hydrogen-bond acceptors (Lipinski definition) is 5. The molecule has 120 valence electrons. The molecule has 0 saturated heterocycles. The zero-order chi connectivity index (χ0) is 15.9. The molecule has 1 aliphatic heterocycles. The van der Waals surface area contributed by atoms with Crippen LogP contribution in [-0.4, -0.2) is 55.4 Å². The van der Waals surface area contributed by atoms with E-state index in [-0.39, 0.29) is 12.5 Å². The first-order valence-corrected chi connectivity index (χ1v) is 7.06. The molecule has 0 atom stereocenters. The summed E-state index contributed by atoms with van der Waals surface area (Å²) in [5.41, 5.74) is 4.00. The predicted octanol–water partition coefficient (Wildman–Crippen LogP) is 0.353. The van der Waals surface area contributed by atoms with E-state index in [1.807, 2.05) is 6.07 Å². The van der Waals surface area contributed by atoms with Gasteiger partial charge in [0.05, 0.1) is 13.2 Å². The molecule has 0 bridgehead atoms. The standard InChI is InChI=1S/C15H20N2O5/c1-21-6-7-22-10-14(18)17-5-4-11-2-3-12(15(19)16-20)8-13(11)9-17/h2-3,8,20H,4-7,9-10H2,1H3,(H,16,19). The van der Waals surface area contributed by atoms with E-state index in [0.29, 0.717) is 31.9 Å². The molecule has 0 aliphatic carbocycles. The van der Waals surface area contributed by atoms with Crippen LogP contribution < -0.4 is 5.48 Å². The predicted molar refractivity (Wildman–Crippen MR) is 77.5 cm³/mol. The minimum Gasteiger partial charge on any atom is -0.382 e. The van der Waals surface area contributed by atoms with Crippen molar-refractivity contribution in [3.05, 3.63) is 34.9 Å². The molecule has 0 spiro atoms. The Bertz CT molecular complexity index is 547. The fourth-order valence-electron chi connectivity index (χ4n) is 2.37. The summed E-state index contributed by atoms with van der Waals surface area (Å²) in [6.45, 7) is 1.93. The SMILES string of the molecule is COCCOCC(=O)N1CCc2ccc(C(=O)NO)cc2C1. The third kappa shape index (κ3) is 4.03. The van der Waals surface area contributed by atoms with Gasteiger partial charge in [-0.1, -0.05) is 6.07 Å². The number of carbonyl (C=O) groups is 2. The Balaban J connectivity index is 1.97. The Morgan fingerprint density at radius 1 is 1.32 bits per heavy atom. The Morgan fingerprint density at radius 2 is 2.14 bits per heavy atom. The molecule has 0 saturated carbocycles. The van der Waals surface area contributed by atoms with E-state index in [1.54, 1.807) is 29.6 Å². The summed E-state index contributed by atoms with van der Waals surface area (Å²) in [5, 5.41) is 8.68. The second kappa shape index (κ2) is 7.88. The Kier molecular flexibility index (Phi) is 5.88. The van der Waals surface area contributed by atoms with Crippen LogP contribution in [0.1, 0.15) is 21.5 Å². The van der Waals surface area contributed by atoms with Gasteiger partial charge in [-0.25, -0.2) is 5.48 Å². The third-order valence-electron chi connectivity index (χ3n) is 3.59. The van der Waals surface area contributed by atoms with Gasteiger partial charge in [-0.15, -0.1) is 0 Å². The average Bonchev–Trinajstić information content (AvgIpc) is 2.56. The lowest BCUT2D eigenvalue weighted by molar-refractivity contribution is -0.137. The van der Waals surface area contributed by atoms with Crippen LogP contribution in [0.15, 0.2) is 18.2 Å². The minimum absolute atomic E-state index is 0.0233. The van der Waals surface area contributed by atoms with Crippen LogP contribution in [0.3, 0.4) is 0 Å². The van der Waals surface area contributed by atoms with Crippen LogP contribution in [0.25, 0.3) is 0 Å². The maximum absolute atomic E-state index is 12.1. The van der Waals surface area contributed by atoms with Crippen molar-refractivity contribution in [1.29, 1.82) is 0 Å². The summed E-state index contributed by atoms with van der Waals surface area (Å²) in [7, 11) is 1.58. The highest BCUT2D eigenvalue weighted by Gasteiger charge is 2.21. The molecule has 22 heavy (non-hydrogen) atoms. The zero-order valence-corrected chi connectivity index (χ0v) is 12.5. The maximum atomic E-state index is 12.1. The van der Waals surface area contributed by atoms with E-state index in [4.69, 9.17) is 14.7 Å². The quantitative estimate of drug-likeness (QED) is 0.450. The maximum Gasteiger partial charge on any atom is 0.274 e. The van der Waals surface area contributed by atoms with Crippen molar-refractivity contribution < 1.29 is 24.3 Å². The molecule has 0 radical (unpaired) electrons. The molecule has 2 rings (SSSR count). The smallest absolute Gasteiger partial charge is 0.274 e. The number of methoxy groups -OCH3 is 1. The largest absolute Gasteiger partial charge is 0.382 e. The first-order chi connectivity index (χ1) is 10.7. The topological polar surface area (TPSA) is 88.1 Å². The van der Waals surface area contributed by atoms with Crippen molar-refractivity contribution in [1.82, 2.24) is 10.4 Å². The number of nitrogens with zero attached hydrogens (tertiary/aromatic N) is 1. The van der Waals surface area contributed by atoms with Gasteiger partial charge in [-0.05, 0) is 29.7 Å². The highest BCUT2D eigenvalue weighted by Crippen LogP contribution is 2.20. The van der Waals surface area contributed by atoms with Crippen LogP contribution in [-0.2, 0) is 27.2 Å². The van der Waals surface area contributed by atoms with Gasteiger partial charge in [0.25, 0.3) is 5.91 Å². The molecule has 2 N–H and O–H groups in total. The second-order valence-corrected chi connectivity index (χ2v) is 5.04. The highest BCUT2D eigenvalue weighted by atomic mass is 16.5. The van der Waals surface area contributed by atoms with Crippen molar-refractivity contribution in [3.8, 4) is 0 Å². The molecule has 1 aromatic carbocycles. The number of amides is 2. The van der Waals surface area contributed by atoms with E-state index in [0.717, 1.165) is 17.5 Å². The van der Waals surface area contributed by atoms with Gasteiger partial charge in [0.2, 0.25) is 5.91 Å². The molecule has 0 fully saturated rings. The second-order valence-electron chi connectivity index (χ2n) is 5.04. The van der Waals surface area contributed by atoms with Crippen molar-refractivity contribution in [2.75, 3.05) is 33.5 Å². The fraction of sp³-hybridized carbons (Fsp3) is 0.467. The van der Waals surface area contributed by atoms with E-state index >= 15 is 0 Å². The van der Waals surface area contributed by atoms with Gasteiger partial charge in [0.15, 0.2) is 0 Å². The summed E-state index contributed by atoms with van der Waals surface area (Å²) >= 11 is 0. The zero-order valence-electron chi connectivity index (χ0n) is 12.5. The summed E-state index contributed by atoms with van der Waals surface area (Å²) in [4.78, 5) is 25.2. The Labute approximate surface area is 128 Å². The average molecular weight is 308 g/mol. The van der Waals surface area contributed by atoms with Crippen LogP contribution in [0.2, 0.25) is 0 Å². The third-order valence-corrected chi connectivity index (χ3v) is 3.59.